The minimum atomic E-state index is -0.161. The van der Waals surface area contributed by atoms with E-state index in [2.05, 4.69) is 12.2 Å². The molecule has 2 atom stereocenters. The van der Waals surface area contributed by atoms with Gasteiger partial charge in [0.2, 0.25) is 0 Å². The van der Waals surface area contributed by atoms with Gasteiger partial charge in [0, 0.05) is 19.2 Å². The molecule has 0 bridgehead atoms. The van der Waals surface area contributed by atoms with Crippen molar-refractivity contribution in [2.45, 2.75) is 44.9 Å². The molecule has 1 aromatic carbocycles. The third-order valence-corrected chi connectivity index (χ3v) is 4.57. The second-order valence-electron chi connectivity index (χ2n) is 6.07. The van der Waals surface area contributed by atoms with E-state index in [9.17, 15) is 9.90 Å². The van der Waals surface area contributed by atoms with Gasteiger partial charge in [0.1, 0.15) is 6.23 Å². The Morgan fingerprint density at radius 2 is 2.22 bits per heavy atom. The van der Waals surface area contributed by atoms with E-state index in [0.29, 0.717) is 30.2 Å². The molecular weight excluding hydrogens is 296 g/mol. The zero-order valence-electron chi connectivity index (χ0n) is 13.7. The topological polar surface area (TPSA) is 71.0 Å². The molecule has 6 nitrogen and oxygen atoms in total. The summed E-state index contributed by atoms with van der Waals surface area (Å²) in [6, 6.07) is 3.28. The molecular formula is C17H24N2O4. The van der Waals surface area contributed by atoms with Crippen molar-refractivity contribution in [1.82, 2.24) is 4.90 Å². The molecule has 2 aliphatic heterocycles. The van der Waals surface area contributed by atoms with Gasteiger partial charge in [-0.3, -0.25) is 4.79 Å². The predicted octanol–water partition coefficient (Wildman–Crippen LogP) is 2.57. The summed E-state index contributed by atoms with van der Waals surface area (Å²) >= 11 is 0. The molecule has 2 aliphatic rings. The lowest BCUT2D eigenvalue weighted by Crippen LogP contribution is -2.43. The Labute approximate surface area is 136 Å². The predicted molar refractivity (Wildman–Crippen MR) is 87.0 cm³/mol. The van der Waals surface area contributed by atoms with Crippen LogP contribution in [0.2, 0.25) is 0 Å². The van der Waals surface area contributed by atoms with Crippen LogP contribution in [0.15, 0.2) is 12.1 Å². The lowest BCUT2D eigenvalue weighted by Gasteiger charge is -2.28. The van der Waals surface area contributed by atoms with Crippen molar-refractivity contribution in [3.8, 4) is 11.5 Å². The monoisotopic (exact) mass is 320 g/mol. The van der Waals surface area contributed by atoms with E-state index in [1.807, 2.05) is 4.90 Å². The van der Waals surface area contributed by atoms with Gasteiger partial charge < -0.3 is 24.8 Å². The van der Waals surface area contributed by atoms with E-state index in [-0.39, 0.29) is 23.9 Å². The van der Waals surface area contributed by atoms with Crippen LogP contribution < -0.4 is 10.1 Å². The second kappa shape index (κ2) is 6.66. The molecule has 2 N–H and O–H groups in total. The highest BCUT2D eigenvalue weighted by Gasteiger charge is 2.40. The lowest BCUT2D eigenvalue weighted by atomic mass is 10.1. The first-order chi connectivity index (χ1) is 11.2. The number of phenols is 1. The minimum absolute atomic E-state index is 0.0318. The van der Waals surface area contributed by atoms with Crippen LogP contribution in [-0.4, -0.2) is 48.4 Å². The standard InChI is InChI=1S/C17H24N2O4/c1-3-4-7-23-16-6-5-11-10-18-13-9-14(20)15(22-2)8-12(13)17(21)19(11)16/h8-9,11,16,18,20H,3-7,10H2,1-2H3/t11-,16-/m0/s1. The number of hydrogen-bond acceptors (Lipinski definition) is 5. The maximum absolute atomic E-state index is 13.0. The summed E-state index contributed by atoms with van der Waals surface area (Å²) in [6.07, 6.45) is 3.70. The molecule has 126 valence electrons. The molecule has 1 aromatic rings. The average Bonchev–Trinajstić information content (AvgIpc) is 2.89. The zero-order valence-corrected chi connectivity index (χ0v) is 13.7. The molecule has 0 aromatic heterocycles. The van der Waals surface area contributed by atoms with Crippen LogP contribution in [-0.2, 0) is 4.74 Å². The molecule has 2 heterocycles. The van der Waals surface area contributed by atoms with Gasteiger partial charge in [0.15, 0.2) is 11.5 Å². The van der Waals surface area contributed by atoms with Gasteiger partial charge in [-0.25, -0.2) is 0 Å². The van der Waals surface area contributed by atoms with Gasteiger partial charge in [-0.2, -0.15) is 0 Å². The Morgan fingerprint density at radius 1 is 1.39 bits per heavy atom. The van der Waals surface area contributed by atoms with Crippen molar-refractivity contribution in [1.29, 1.82) is 0 Å². The Hall–Kier alpha value is -1.95. The summed E-state index contributed by atoms with van der Waals surface area (Å²) in [5.74, 6) is 0.275. The molecule has 1 saturated heterocycles. The van der Waals surface area contributed by atoms with Crippen LogP contribution in [0.5, 0.6) is 11.5 Å². The van der Waals surface area contributed by atoms with E-state index < -0.39 is 0 Å². The first-order valence-electron chi connectivity index (χ1n) is 8.24. The number of nitrogens with zero attached hydrogens (tertiary/aromatic N) is 1. The van der Waals surface area contributed by atoms with Crippen molar-refractivity contribution in [2.24, 2.45) is 0 Å². The number of rotatable bonds is 5. The molecule has 0 unspecified atom stereocenters. The van der Waals surface area contributed by atoms with Crippen molar-refractivity contribution < 1.29 is 19.4 Å². The Balaban J connectivity index is 1.87. The molecule has 1 fully saturated rings. The Morgan fingerprint density at radius 3 is 2.96 bits per heavy atom. The summed E-state index contributed by atoms with van der Waals surface area (Å²) in [5, 5.41) is 13.2. The summed E-state index contributed by atoms with van der Waals surface area (Å²) in [4.78, 5) is 14.9. The fourth-order valence-electron chi connectivity index (χ4n) is 3.29. The first-order valence-corrected chi connectivity index (χ1v) is 8.24. The first kappa shape index (κ1) is 15.9. The number of benzene rings is 1. The van der Waals surface area contributed by atoms with Crippen LogP contribution in [0.25, 0.3) is 0 Å². The summed E-state index contributed by atoms with van der Waals surface area (Å²) < 4.78 is 11.1. The number of nitrogens with one attached hydrogen (secondary N) is 1. The van der Waals surface area contributed by atoms with E-state index in [1.54, 1.807) is 12.1 Å². The highest BCUT2D eigenvalue weighted by atomic mass is 16.5. The molecule has 0 radical (unpaired) electrons. The maximum Gasteiger partial charge on any atom is 0.258 e. The Kier molecular flexibility index (Phi) is 4.61. The summed E-state index contributed by atoms with van der Waals surface area (Å²) in [7, 11) is 1.48. The smallest absolute Gasteiger partial charge is 0.258 e. The normalized spacial score (nSPS) is 23.0. The highest BCUT2D eigenvalue weighted by molar-refractivity contribution is 6.01. The molecule has 3 rings (SSSR count). The minimum Gasteiger partial charge on any atom is -0.504 e. The van der Waals surface area contributed by atoms with E-state index in [1.165, 1.54) is 7.11 Å². The number of amides is 1. The fraction of sp³-hybridized carbons (Fsp3) is 0.588. The number of fused-ring (bicyclic) bond motifs is 2. The second-order valence-corrected chi connectivity index (χ2v) is 6.07. The number of carbonyl (C=O) groups is 1. The number of methoxy groups -OCH3 is 1. The third-order valence-electron chi connectivity index (χ3n) is 4.57. The number of unbranched alkanes of at least 4 members (excludes halogenated alkanes) is 1. The number of aromatic hydroxyl groups is 1. The van der Waals surface area contributed by atoms with Crippen LogP contribution in [0, 0.1) is 0 Å². The van der Waals surface area contributed by atoms with Gasteiger partial charge in [-0.15, -0.1) is 0 Å². The van der Waals surface area contributed by atoms with Crippen molar-refractivity contribution in [2.75, 3.05) is 25.6 Å². The van der Waals surface area contributed by atoms with Crippen LogP contribution in [0.3, 0.4) is 0 Å². The summed E-state index contributed by atoms with van der Waals surface area (Å²) in [6.45, 7) is 3.46. The van der Waals surface area contributed by atoms with Crippen molar-refractivity contribution in [3.63, 3.8) is 0 Å². The number of ether oxygens (including phenoxy) is 2. The lowest BCUT2D eigenvalue weighted by molar-refractivity contribution is -0.0340. The SMILES string of the molecule is CCCCO[C@H]1CC[C@H]2CNc3cc(O)c(OC)cc3C(=O)N21. The van der Waals surface area contributed by atoms with Gasteiger partial charge >= 0.3 is 0 Å². The number of hydrogen-bond donors (Lipinski definition) is 2. The zero-order chi connectivity index (χ0) is 16.4. The Bertz CT molecular complexity index is 590. The van der Waals surface area contributed by atoms with Gasteiger partial charge in [-0.1, -0.05) is 13.3 Å². The van der Waals surface area contributed by atoms with Crippen molar-refractivity contribution >= 4 is 11.6 Å². The van der Waals surface area contributed by atoms with Crippen LogP contribution in [0.1, 0.15) is 43.0 Å². The molecule has 6 heteroatoms. The van der Waals surface area contributed by atoms with Gasteiger partial charge in [-0.05, 0) is 25.3 Å². The fourth-order valence-corrected chi connectivity index (χ4v) is 3.29. The van der Waals surface area contributed by atoms with Crippen LogP contribution >= 0.6 is 0 Å². The molecule has 0 saturated carbocycles. The average molecular weight is 320 g/mol. The van der Waals surface area contributed by atoms with E-state index in [4.69, 9.17) is 9.47 Å². The molecule has 0 spiro atoms. The molecule has 1 amide bonds. The van der Waals surface area contributed by atoms with Crippen molar-refractivity contribution in [3.05, 3.63) is 17.7 Å². The van der Waals surface area contributed by atoms with Gasteiger partial charge in [0.05, 0.1) is 24.4 Å². The van der Waals surface area contributed by atoms with Gasteiger partial charge in [0.25, 0.3) is 5.91 Å². The van der Waals surface area contributed by atoms with E-state index >= 15 is 0 Å². The molecule has 23 heavy (non-hydrogen) atoms. The highest BCUT2D eigenvalue weighted by Crippen LogP contribution is 2.37. The number of phenolic OH excluding ortho intramolecular Hbond substituents is 1. The van der Waals surface area contributed by atoms with Crippen LogP contribution in [0.4, 0.5) is 5.69 Å². The quantitative estimate of drug-likeness (QED) is 0.816. The van der Waals surface area contributed by atoms with E-state index in [0.717, 1.165) is 25.7 Å². The summed E-state index contributed by atoms with van der Waals surface area (Å²) in [5.41, 5.74) is 1.17. The third kappa shape index (κ3) is 2.95. The molecule has 0 aliphatic carbocycles. The largest absolute Gasteiger partial charge is 0.504 e. The maximum atomic E-state index is 13.0. The number of anilines is 1. The number of carbonyl (C=O) groups excluding carboxylic acids is 1.